The van der Waals surface area contributed by atoms with Crippen LogP contribution in [0.1, 0.15) is 115 Å². The molecule has 1 unspecified atom stereocenters. The zero-order chi connectivity index (χ0) is 94.9. The molecule has 0 saturated carbocycles. The molecular formula is C122H106F2Ir2N10O3-2. The standard InChI is InChI=1S/C28H18.C22H25N2.C18H16N3.C17H14N2O.C17H17N2.C15H8F2N.C5H8O2.2Ir/c1-4-10-21(11-5-1)24-16-17-25-18-26(22-12-6-2-7-13-22)20-27(28(25)19-24)23-14-8-3-9-15-23;1-15(2)18-10-7-11-19(16(3)4)21(18)24-13-12-23-14-17-8-5-6-9-20(17)22(23)24;1-11(2)21-19-17-15-8-4-3-7-13(15)14-9-5-6-12-10-20(21)18(17)16(12)14;1-18-8-9-19-15(18)10-11-6-7-13-12-4-2-3-5-14(12)20-17(13)16(11)19;1-14(18-16-9-5-3-6-10-16)13-15(2)19-17-11-7-4-8-12-17;16-11-5-6-13(14(17)9-11)15-12-4-2-1-3-10(12)7-8-18-15;1-4(6)3-5(2)7;;/h1-12,14-17,19-20H;5-13,15-16H,14H2,1-4H3;3-9,11H,10H2,1-2H3;2-9,15H,10H2,1H3;3-13H,1-2H3;1-5,7-9H;3,6H,1-2H3;;/q-2;2*+1;;2*-1;;;. The number of ketones is 1. The first-order valence-electron chi connectivity index (χ1n) is 46.6. The number of imidazole rings is 1. The van der Waals surface area contributed by atoms with Gasteiger partial charge in [-0.05, 0) is 137 Å². The van der Waals surface area contributed by atoms with E-state index in [1.807, 2.05) is 141 Å². The van der Waals surface area contributed by atoms with E-state index in [9.17, 15) is 13.6 Å². The van der Waals surface area contributed by atoms with Crippen molar-refractivity contribution in [3.63, 3.8) is 0 Å². The minimum absolute atomic E-state index is 0. The van der Waals surface area contributed by atoms with Crippen LogP contribution in [0.15, 0.2) is 398 Å². The van der Waals surface area contributed by atoms with E-state index >= 15 is 0 Å². The van der Waals surface area contributed by atoms with E-state index in [-0.39, 0.29) is 57.3 Å². The Bertz CT molecular complexity index is 7940. The third kappa shape index (κ3) is 21.1. The summed E-state index contributed by atoms with van der Waals surface area (Å²) in [5, 5.41) is 29.6. The first-order chi connectivity index (χ1) is 66.7. The number of allylic oxidation sites excluding steroid dienone is 4. The number of furan rings is 1. The quantitative estimate of drug-likeness (QED) is 0.0304. The zero-order valence-corrected chi connectivity index (χ0v) is 84.2. The van der Waals surface area contributed by atoms with Crippen molar-refractivity contribution in [3.05, 3.63) is 451 Å². The predicted molar refractivity (Wildman–Crippen MR) is 557 cm³/mol. The fourth-order valence-corrected chi connectivity index (χ4v) is 18.8. The maximum absolute atomic E-state index is 13.8. The summed E-state index contributed by atoms with van der Waals surface area (Å²) in [6.45, 7) is 22.2. The predicted octanol–water partition coefficient (Wildman–Crippen LogP) is 30.1. The normalized spacial score (nSPS) is 13.0. The van der Waals surface area contributed by atoms with Crippen LogP contribution in [0.4, 0.5) is 25.8 Å². The first-order valence-corrected chi connectivity index (χ1v) is 46.6. The molecular weight excluding hydrogens is 2080 g/mol. The van der Waals surface area contributed by atoms with Crippen LogP contribution in [0, 0.1) is 29.8 Å². The van der Waals surface area contributed by atoms with Gasteiger partial charge in [0.05, 0.1) is 22.7 Å². The van der Waals surface area contributed by atoms with Crippen LogP contribution in [-0.4, -0.2) is 54.2 Å². The molecule has 0 spiro atoms. The summed E-state index contributed by atoms with van der Waals surface area (Å²) < 4.78 is 39.9. The van der Waals surface area contributed by atoms with Crippen LogP contribution in [-0.2, 0) is 64.5 Å². The topological polar surface area (TPSA) is 127 Å². The number of nitrogens with zero attached hydrogens (tertiary/aromatic N) is 10. The number of aromatic nitrogens is 6. The van der Waals surface area contributed by atoms with Crippen LogP contribution in [0.25, 0.3) is 143 Å². The second-order valence-corrected chi connectivity index (χ2v) is 35.6. The summed E-state index contributed by atoms with van der Waals surface area (Å²) >= 11 is 0. The Kier molecular flexibility index (Phi) is 30.5. The molecule has 24 rings (SSSR count). The van der Waals surface area contributed by atoms with Gasteiger partial charge in [0, 0.05) is 145 Å². The number of aliphatic imine (C=N–C) groups is 1. The average molecular weight is 2180 g/mol. The van der Waals surface area contributed by atoms with Crippen molar-refractivity contribution >= 4 is 105 Å². The summed E-state index contributed by atoms with van der Waals surface area (Å²) in [5.41, 5.74) is 26.9. The van der Waals surface area contributed by atoms with Crippen LogP contribution in [0.2, 0.25) is 0 Å². The van der Waals surface area contributed by atoms with Crippen molar-refractivity contribution in [1.29, 1.82) is 0 Å². The number of para-hydroxylation sites is 4. The molecule has 13 nitrogen and oxygen atoms in total. The third-order valence-electron chi connectivity index (χ3n) is 25.0. The molecule has 0 bridgehead atoms. The molecule has 2 radical (unpaired) electrons. The van der Waals surface area contributed by atoms with Crippen LogP contribution < -0.4 is 14.1 Å². The van der Waals surface area contributed by atoms with Crippen LogP contribution in [0.5, 0.6) is 0 Å². The number of hydrogen-bond acceptors (Lipinski definition) is 8. The Morgan fingerprint density at radius 1 is 0.561 bits per heavy atom. The van der Waals surface area contributed by atoms with Gasteiger partial charge in [-0.3, -0.25) is 18.6 Å². The minimum atomic E-state index is -0.654. The van der Waals surface area contributed by atoms with Gasteiger partial charge >= 0.3 is 0 Å². The molecule has 0 amide bonds. The molecule has 16 aromatic carbocycles. The summed E-state index contributed by atoms with van der Waals surface area (Å²) in [6.07, 6.45) is 15.0. The molecule has 696 valence electrons. The summed E-state index contributed by atoms with van der Waals surface area (Å²) in [4.78, 5) is 25.4. The Balaban J connectivity index is 0.000000119. The van der Waals surface area contributed by atoms with E-state index in [0.29, 0.717) is 29.7 Å². The maximum Gasteiger partial charge on any atom is 0.294 e. The second-order valence-electron chi connectivity index (χ2n) is 35.6. The van der Waals surface area contributed by atoms with E-state index in [0.717, 1.165) is 98.4 Å². The number of fused-ring (bicyclic) bond motifs is 15. The molecule has 0 fully saturated rings. The molecule has 4 aliphatic rings. The molecule has 4 aromatic heterocycles. The van der Waals surface area contributed by atoms with Crippen LogP contribution in [0.3, 0.4) is 0 Å². The van der Waals surface area contributed by atoms with Gasteiger partial charge < -0.3 is 29.6 Å². The fraction of sp³-hybridized carbons (Fsp3) is 0.148. The number of anilines is 1. The molecule has 1 atom stereocenters. The van der Waals surface area contributed by atoms with Gasteiger partial charge in [0.2, 0.25) is 5.52 Å². The number of carbonyl (C=O) groups is 1. The minimum Gasteiger partial charge on any atom is -0.661 e. The average Bonchev–Trinajstić information content (AvgIpc) is 1.56. The van der Waals surface area contributed by atoms with E-state index in [4.69, 9.17) is 14.6 Å². The Morgan fingerprint density at radius 3 is 1.89 bits per heavy atom. The fourth-order valence-electron chi connectivity index (χ4n) is 18.8. The number of likely N-dealkylation sites (N-methyl/N-ethyl adjacent to an activating group) is 1. The largest absolute Gasteiger partial charge is 0.661 e. The molecule has 20 aromatic rings. The number of carbonyl (C=O) groups excluding carboxylic acids is 1. The van der Waals surface area contributed by atoms with Crippen LogP contribution >= 0.6 is 0 Å². The van der Waals surface area contributed by atoms with Crippen molar-refractivity contribution in [1.82, 2.24) is 24.3 Å². The van der Waals surface area contributed by atoms with Gasteiger partial charge in [0.25, 0.3) is 11.3 Å². The van der Waals surface area contributed by atoms with Crippen molar-refractivity contribution in [2.45, 2.75) is 113 Å². The third-order valence-corrected chi connectivity index (χ3v) is 25.0. The van der Waals surface area contributed by atoms with E-state index in [1.54, 1.807) is 6.20 Å². The summed E-state index contributed by atoms with van der Waals surface area (Å²) in [6, 6.07) is 123. The molecule has 1 N–H and O–H groups in total. The van der Waals surface area contributed by atoms with Crippen molar-refractivity contribution < 1.29 is 72.6 Å². The molecule has 17 heteroatoms. The molecule has 8 heterocycles. The molecule has 139 heavy (non-hydrogen) atoms. The number of rotatable bonds is 13. The summed E-state index contributed by atoms with van der Waals surface area (Å²) in [7, 11) is 2.13. The Hall–Kier alpha value is -15.0. The summed E-state index contributed by atoms with van der Waals surface area (Å²) in [5.74, 6) is 0.945. The Morgan fingerprint density at radius 2 is 1.20 bits per heavy atom. The Labute approximate surface area is 837 Å². The van der Waals surface area contributed by atoms with Gasteiger partial charge in [0.15, 0.2) is 11.4 Å². The monoisotopic (exact) mass is 2180 g/mol. The number of benzene rings is 16. The van der Waals surface area contributed by atoms with E-state index in [1.165, 1.54) is 136 Å². The first kappa shape index (κ1) is 97.1. The van der Waals surface area contributed by atoms with E-state index in [2.05, 4.69) is 335 Å². The van der Waals surface area contributed by atoms with Gasteiger partial charge in [-0.25, -0.2) is 10.1 Å². The number of halogens is 2. The second kappa shape index (κ2) is 43.6. The SMILES string of the molecule is CC(=CC(C)=Nc1ccccc1)[N-]c1ccccc1.CC(=O)C=C(C)O.CC(C)c1cccc(C(C)C)c1-n1cc[n+]2c1-c1ccccc1C2.CC(C)n1nc2c3ccccc3c3cccc4c3c2[n+]1C4.CN1C=CN2c3c(ccc4c3oc3ccccc34)CC12.Fc1c[c-]c(-c2nccc3ccccc23)c(F)c1.[Ir].[Ir].[c-]1ccccc1-c1[c-]c2ccc(-c3ccccc3)cc2c(-c2ccccc2)c1. The maximum atomic E-state index is 13.8. The van der Waals surface area contributed by atoms with Gasteiger partial charge in [-0.2, -0.15) is 52.2 Å². The van der Waals surface area contributed by atoms with E-state index < -0.39 is 11.6 Å². The zero-order valence-electron chi connectivity index (χ0n) is 79.4. The number of aliphatic hydroxyl groups excluding tert-OH is 1. The smallest absolute Gasteiger partial charge is 0.294 e. The molecule has 4 aliphatic heterocycles. The van der Waals surface area contributed by atoms with Crippen molar-refractivity contribution in [3.8, 4) is 61.7 Å². The van der Waals surface area contributed by atoms with Gasteiger partial charge in [-0.15, -0.1) is 40.0 Å². The molecule has 0 aliphatic carbocycles. The van der Waals surface area contributed by atoms with Gasteiger partial charge in [-0.1, -0.05) is 312 Å². The van der Waals surface area contributed by atoms with Crippen molar-refractivity contribution in [2.24, 2.45) is 4.99 Å². The number of aliphatic hydroxyl groups is 1. The van der Waals surface area contributed by atoms with Gasteiger partial charge in [0.1, 0.15) is 49.0 Å². The van der Waals surface area contributed by atoms with Crippen molar-refractivity contribution in [2.75, 3.05) is 11.9 Å². The molecule has 0 saturated heterocycles. The number of pyridine rings is 1. The number of hydrogen-bond donors (Lipinski definition) is 1.